The molecule has 1 N–H and O–H groups in total. The van der Waals surface area contributed by atoms with Crippen LogP contribution < -0.4 is 5.32 Å². The molecule has 2 aliphatic heterocycles. The van der Waals surface area contributed by atoms with Gasteiger partial charge in [0.15, 0.2) is 5.17 Å². The number of urea groups is 1. The van der Waals surface area contributed by atoms with E-state index in [4.69, 9.17) is 4.74 Å². The molecule has 128 valence electrons. The molecule has 1 fully saturated rings. The third kappa shape index (κ3) is 4.75. The van der Waals surface area contributed by atoms with Crippen LogP contribution in [-0.4, -0.2) is 66.1 Å². The first-order valence-electron chi connectivity index (χ1n) is 8.12. The number of thioether (sulfide) groups is 1. The van der Waals surface area contributed by atoms with Crippen molar-refractivity contribution in [3.05, 3.63) is 42.6 Å². The van der Waals surface area contributed by atoms with E-state index in [-0.39, 0.29) is 6.03 Å². The second-order valence-electron chi connectivity index (χ2n) is 5.46. The molecule has 24 heavy (non-hydrogen) atoms. The van der Waals surface area contributed by atoms with Crippen molar-refractivity contribution in [3.8, 4) is 0 Å². The smallest absolute Gasteiger partial charge is 0.327 e. The van der Waals surface area contributed by atoms with Crippen molar-refractivity contribution in [1.29, 1.82) is 0 Å². The molecule has 0 bridgehead atoms. The molecule has 0 aromatic heterocycles. The van der Waals surface area contributed by atoms with Gasteiger partial charge in [-0.15, -0.1) is 0 Å². The van der Waals surface area contributed by atoms with Crippen molar-refractivity contribution in [2.24, 2.45) is 4.99 Å². The number of carbonyl (C=O) groups excluding carboxylic acids is 1. The van der Waals surface area contributed by atoms with Gasteiger partial charge in [0.05, 0.1) is 19.8 Å². The summed E-state index contributed by atoms with van der Waals surface area (Å²) >= 11 is 1.59. The van der Waals surface area contributed by atoms with Crippen LogP contribution in [0.5, 0.6) is 0 Å². The van der Waals surface area contributed by atoms with Gasteiger partial charge < -0.3 is 15.0 Å². The second-order valence-corrected chi connectivity index (χ2v) is 6.44. The lowest BCUT2D eigenvalue weighted by molar-refractivity contribution is 0.0593. The summed E-state index contributed by atoms with van der Waals surface area (Å²) in [4.78, 5) is 20.8. The van der Waals surface area contributed by atoms with E-state index >= 15 is 0 Å². The molecule has 0 saturated carbocycles. The number of morpholine rings is 1. The van der Waals surface area contributed by atoms with Gasteiger partial charge >= 0.3 is 6.03 Å². The van der Waals surface area contributed by atoms with Crippen molar-refractivity contribution >= 4 is 28.6 Å². The van der Waals surface area contributed by atoms with Crippen molar-refractivity contribution in [2.75, 3.05) is 50.5 Å². The summed E-state index contributed by atoms with van der Waals surface area (Å²) in [6.45, 7) is 4.75. The first kappa shape index (κ1) is 16.9. The van der Waals surface area contributed by atoms with Gasteiger partial charge in [-0.05, 0) is 18.3 Å². The Labute approximate surface area is 146 Å². The minimum atomic E-state index is -0.123. The number of ether oxygens (including phenoxy) is 1. The molecule has 6 nitrogen and oxygen atoms in total. The molecule has 1 saturated heterocycles. The van der Waals surface area contributed by atoms with Crippen LogP contribution in [-0.2, 0) is 4.74 Å². The second kappa shape index (κ2) is 8.75. The topological polar surface area (TPSA) is 57.2 Å². The molecular formula is C17H22N4O2S. The maximum Gasteiger partial charge on any atom is 0.327 e. The number of hydrogen-bond acceptors (Lipinski definition) is 5. The molecule has 0 unspecified atom stereocenters. The highest BCUT2D eigenvalue weighted by molar-refractivity contribution is 8.13. The summed E-state index contributed by atoms with van der Waals surface area (Å²) in [5, 5.41) is 3.70. The Kier molecular flexibility index (Phi) is 6.14. The van der Waals surface area contributed by atoms with Gasteiger partial charge in [-0.2, -0.15) is 0 Å². The monoisotopic (exact) mass is 346 g/mol. The van der Waals surface area contributed by atoms with Crippen molar-refractivity contribution < 1.29 is 9.53 Å². The van der Waals surface area contributed by atoms with Crippen LogP contribution in [0, 0.1) is 0 Å². The normalized spacial score (nSPS) is 18.1. The fraction of sp³-hybridized carbons (Fsp3) is 0.412. The largest absolute Gasteiger partial charge is 0.378 e. The van der Waals surface area contributed by atoms with E-state index in [2.05, 4.69) is 27.5 Å². The van der Waals surface area contributed by atoms with Crippen LogP contribution in [0.15, 0.2) is 47.6 Å². The summed E-state index contributed by atoms with van der Waals surface area (Å²) in [6.07, 6.45) is 4.23. The van der Waals surface area contributed by atoms with Crippen molar-refractivity contribution in [1.82, 2.24) is 9.80 Å². The number of anilines is 1. The highest BCUT2D eigenvalue weighted by Crippen LogP contribution is 2.17. The molecule has 0 spiro atoms. The Hall–Kier alpha value is -1.99. The van der Waals surface area contributed by atoms with E-state index in [1.165, 1.54) is 0 Å². The maximum absolute atomic E-state index is 12.4. The zero-order chi connectivity index (χ0) is 16.6. The van der Waals surface area contributed by atoms with Crippen LogP contribution in [0.3, 0.4) is 0 Å². The number of amidine groups is 1. The molecule has 7 heteroatoms. The number of nitrogens with one attached hydrogen (secondary N) is 1. The molecule has 1 aromatic rings. The van der Waals surface area contributed by atoms with E-state index in [0.29, 0.717) is 13.1 Å². The number of hydrogen-bond donors (Lipinski definition) is 1. The number of amides is 2. The van der Waals surface area contributed by atoms with E-state index < -0.39 is 0 Å². The first-order chi connectivity index (χ1) is 11.8. The fourth-order valence-electron chi connectivity index (χ4n) is 2.49. The molecule has 2 aliphatic rings. The number of nitrogens with zero attached hydrogens (tertiary/aromatic N) is 3. The van der Waals surface area contributed by atoms with Gasteiger partial charge in [-0.25, -0.2) is 4.79 Å². The van der Waals surface area contributed by atoms with E-state index in [0.717, 1.165) is 42.9 Å². The molecule has 2 heterocycles. The standard InChI is InChI=1S/C17H22N4O2S/c22-16(19-15-5-2-1-3-6-15)21-9-7-18-17(21)24-14-4-8-20-10-12-23-13-11-20/h1-6,8H,7,9-14H2,(H,19,22)/b8-4+. The van der Waals surface area contributed by atoms with Gasteiger partial charge in [0, 0.05) is 31.1 Å². The predicted molar refractivity (Wildman–Crippen MR) is 98.5 cm³/mol. The van der Waals surface area contributed by atoms with Gasteiger partial charge in [-0.1, -0.05) is 36.0 Å². The van der Waals surface area contributed by atoms with Gasteiger partial charge in [0.2, 0.25) is 0 Å². The quantitative estimate of drug-likeness (QED) is 0.910. The van der Waals surface area contributed by atoms with Crippen molar-refractivity contribution in [3.63, 3.8) is 0 Å². The Morgan fingerprint density at radius 3 is 2.83 bits per heavy atom. The van der Waals surface area contributed by atoms with E-state index in [1.54, 1.807) is 16.7 Å². The average molecular weight is 346 g/mol. The Bertz CT molecular complexity index is 600. The summed E-state index contributed by atoms with van der Waals surface area (Å²) < 4.78 is 5.33. The third-order valence-corrected chi connectivity index (χ3v) is 4.71. The predicted octanol–water partition coefficient (Wildman–Crippen LogP) is 2.47. The zero-order valence-corrected chi connectivity index (χ0v) is 14.4. The number of benzene rings is 1. The molecule has 0 aliphatic carbocycles. The molecule has 2 amide bonds. The van der Waals surface area contributed by atoms with Gasteiger partial charge in [0.1, 0.15) is 0 Å². The van der Waals surface area contributed by atoms with E-state index in [1.807, 2.05) is 30.3 Å². The lowest BCUT2D eigenvalue weighted by atomic mass is 10.3. The highest BCUT2D eigenvalue weighted by atomic mass is 32.2. The van der Waals surface area contributed by atoms with Crippen LogP contribution in [0.2, 0.25) is 0 Å². The van der Waals surface area contributed by atoms with Crippen LogP contribution in [0.4, 0.5) is 10.5 Å². The van der Waals surface area contributed by atoms with E-state index in [9.17, 15) is 4.79 Å². The van der Waals surface area contributed by atoms with Crippen LogP contribution in [0.25, 0.3) is 0 Å². The summed E-state index contributed by atoms with van der Waals surface area (Å²) in [7, 11) is 0. The molecule has 0 radical (unpaired) electrons. The third-order valence-electron chi connectivity index (χ3n) is 3.74. The molecule has 3 rings (SSSR count). The minimum absolute atomic E-state index is 0.123. The first-order valence-corrected chi connectivity index (χ1v) is 9.11. The Morgan fingerprint density at radius 1 is 1.25 bits per heavy atom. The van der Waals surface area contributed by atoms with Crippen LogP contribution in [0.1, 0.15) is 0 Å². The number of para-hydroxylation sites is 1. The molecular weight excluding hydrogens is 324 g/mol. The highest BCUT2D eigenvalue weighted by Gasteiger charge is 2.23. The maximum atomic E-state index is 12.4. The Morgan fingerprint density at radius 2 is 2.04 bits per heavy atom. The van der Waals surface area contributed by atoms with Gasteiger partial charge in [-0.3, -0.25) is 9.89 Å². The number of carbonyl (C=O) groups is 1. The summed E-state index contributed by atoms with van der Waals surface area (Å²) in [6, 6.07) is 9.36. The lowest BCUT2D eigenvalue weighted by Crippen LogP contribution is -2.36. The van der Waals surface area contributed by atoms with Crippen molar-refractivity contribution in [2.45, 2.75) is 0 Å². The Balaban J connectivity index is 1.46. The summed E-state index contributed by atoms with van der Waals surface area (Å²) in [5.41, 5.74) is 0.797. The fourth-order valence-corrected chi connectivity index (χ4v) is 3.34. The minimum Gasteiger partial charge on any atom is -0.378 e. The number of rotatable bonds is 4. The number of aliphatic imine (C=N–C) groups is 1. The zero-order valence-electron chi connectivity index (χ0n) is 13.6. The summed E-state index contributed by atoms with van der Waals surface area (Å²) in [5.74, 6) is 0.797. The molecule has 0 atom stereocenters. The van der Waals surface area contributed by atoms with Gasteiger partial charge in [0.25, 0.3) is 0 Å². The molecule has 1 aromatic carbocycles. The average Bonchev–Trinajstić information content (AvgIpc) is 3.09. The lowest BCUT2D eigenvalue weighted by Gasteiger charge is -2.25. The SMILES string of the molecule is O=C(Nc1ccccc1)N1CCN=C1SC/C=C/N1CCOCC1. The van der Waals surface area contributed by atoms with Crippen LogP contribution >= 0.6 is 11.8 Å².